The number of aromatic nitrogens is 1. The van der Waals surface area contributed by atoms with Crippen molar-refractivity contribution in [1.82, 2.24) is 15.2 Å². The number of anilines is 1. The van der Waals surface area contributed by atoms with Crippen molar-refractivity contribution in [2.75, 3.05) is 25.1 Å². The van der Waals surface area contributed by atoms with Crippen molar-refractivity contribution in [2.24, 2.45) is 0 Å². The van der Waals surface area contributed by atoms with Crippen LogP contribution in [-0.2, 0) is 35.8 Å². The Labute approximate surface area is 232 Å². The number of rotatable bonds is 7. The van der Waals surface area contributed by atoms with E-state index in [1.807, 2.05) is 59.6 Å². The Morgan fingerprint density at radius 2 is 1.72 bits per heavy atom. The monoisotopic (exact) mass is 528 g/mol. The van der Waals surface area contributed by atoms with Gasteiger partial charge in [0, 0.05) is 63.9 Å². The summed E-state index contributed by atoms with van der Waals surface area (Å²) in [6, 6.07) is 17.8. The van der Waals surface area contributed by atoms with E-state index >= 15 is 0 Å². The molecule has 39 heavy (non-hydrogen) atoms. The maximum absolute atomic E-state index is 13.3. The molecule has 1 aliphatic heterocycles. The number of carbonyl (C=O) groups is 2. The highest BCUT2D eigenvalue weighted by atomic mass is 16.5. The molecular formula is C32H40N4O3. The first-order chi connectivity index (χ1) is 19.0. The second-order valence-electron chi connectivity index (χ2n) is 10.2. The first kappa shape index (κ1) is 28.5. The van der Waals surface area contributed by atoms with Crippen molar-refractivity contribution in [3.63, 3.8) is 0 Å². The van der Waals surface area contributed by atoms with Gasteiger partial charge < -0.3 is 15.0 Å². The molecule has 2 heterocycles. The van der Waals surface area contributed by atoms with Gasteiger partial charge in [0.2, 0.25) is 5.91 Å². The number of hydrogen-bond donors (Lipinski definition) is 1. The summed E-state index contributed by atoms with van der Waals surface area (Å²) in [5, 5.41) is 3.08. The van der Waals surface area contributed by atoms with Crippen molar-refractivity contribution < 1.29 is 14.3 Å². The van der Waals surface area contributed by atoms with Gasteiger partial charge in [-0.25, -0.2) is 0 Å². The number of methoxy groups -OCH3 is 1. The highest BCUT2D eigenvalue weighted by Gasteiger charge is 2.20. The maximum Gasteiger partial charge on any atom is 0.251 e. The van der Waals surface area contributed by atoms with Crippen molar-refractivity contribution in [2.45, 2.75) is 65.3 Å². The van der Waals surface area contributed by atoms with Crippen LogP contribution in [-0.4, -0.2) is 41.9 Å². The number of hydrogen-bond acceptors (Lipinski definition) is 5. The molecule has 0 atom stereocenters. The van der Waals surface area contributed by atoms with E-state index in [2.05, 4.69) is 21.3 Å². The molecule has 0 radical (unpaired) electrons. The SMILES string of the molecule is COCc1ccccc1CNC(=O)c1ccc2c(c1)CN(Cc1cccnc1)CCCCCCCN2C(C)=O. The normalized spacial score (nSPS) is 15.1. The summed E-state index contributed by atoms with van der Waals surface area (Å²) in [6.07, 6.45) is 9.24. The maximum atomic E-state index is 13.3. The summed E-state index contributed by atoms with van der Waals surface area (Å²) >= 11 is 0. The zero-order valence-electron chi connectivity index (χ0n) is 23.2. The molecule has 0 saturated heterocycles. The van der Waals surface area contributed by atoms with Gasteiger partial charge in [0.15, 0.2) is 0 Å². The van der Waals surface area contributed by atoms with Crippen molar-refractivity contribution in [1.29, 1.82) is 0 Å². The molecular weight excluding hydrogens is 488 g/mol. The number of nitrogens with zero attached hydrogens (tertiary/aromatic N) is 3. The summed E-state index contributed by atoms with van der Waals surface area (Å²) in [4.78, 5) is 34.6. The number of ether oxygens (including phenoxy) is 1. The Balaban J connectivity index is 1.61. The lowest BCUT2D eigenvalue weighted by Crippen LogP contribution is -2.33. The van der Waals surface area contributed by atoms with Crippen molar-refractivity contribution >= 4 is 17.5 Å². The molecule has 0 aliphatic carbocycles. The van der Waals surface area contributed by atoms with Crippen LogP contribution in [0.1, 0.15) is 71.6 Å². The summed E-state index contributed by atoms with van der Waals surface area (Å²) < 4.78 is 5.31. The quantitative estimate of drug-likeness (QED) is 0.440. The smallest absolute Gasteiger partial charge is 0.251 e. The Morgan fingerprint density at radius 3 is 2.46 bits per heavy atom. The fourth-order valence-electron chi connectivity index (χ4n) is 5.21. The molecule has 3 aromatic rings. The molecule has 1 aliphatic rings. The largest absolute Gasteiger partial charge is 0.380 e. The van der Waals surface area contributed by atoms with E-state index in [1.165, 1.54) is 12.8 Å². The summed E-state index contributed by atoms with van der Waals surface area (Å²) in [7, 11) is 1.67. The van der Waals surface area contributed by atoms with E-state index in [0.717, 1.165) is 60.3 Å². The number of nitrogens with one attached hydrogen (secondary N) is 1. The molecule has 2 aromatic carbocycles. The average Bonchev–Trinajstić information content (AvgIpc) is 2.94. The van der Waals surface area contributed by atoms with E-state index in [1.54, 1.807) is 20.2 Å². The number of benzene rings is 2. The Morgan fingerprint density at radius 1 is 0.949 bits per heavy atom. The molecule has 1 N–H and O–H groups in total. The van der Waals surface area contributed by atoms with Gasteiger partial charge in [0.05, 0.1) is 6.61 Å². The van der Waals surface area contributed by atoms with E-state index in [4.69, 9.17) is 4.74 Å². The lowest BCUT2D eigenvalue weighted by Gasteiger charge is -2.29. The van der Waals surface area contributed by atoms with Crippen LogP contribution in [0, 0.1) is 0 Å². The standard InChI is InChI=1S/C32H40N4O3/c1-25(37)36-18-9-5-3-4-8-17-35(22-26-11-10-16-33-20-26)23-30-19-27(14-15-31(30)36)32(38)34-21-28-12-6-7-13-29(28)24-39-2/h6-7,10-16,19-20H,3-5,8-9,17-18,21-24H2,1-2H3,(H,34,38). The number of pyridine rings is 1. The zero-order valence-corrected chi connectivity index (χ0v) is 23.2. The number of amides is 2. The molecule has 0 spiro atoms. The first-order valence-electron chi connectivity index (χ1n) is 13.9. The van der Waals surface area contributed by atoms with Crippen LogP contribution in [0.4, 0.5) is 5.69 Å². The van der Waals surface area contributed by atoms with Gasteiger partial charge in [-0.15, -0.1) is 0 Å². The van der Waals surface area contributed by atoms with E-state index in [-0.39, 0.29) is 11.8 Å². The predicted octanol–water partition coefficient (Wildman–Crippen LogP) is 5.48. The fraction of sp³-hybridized carbons (Fsp3) is 0.406. The topological polar surface area (TPSA) is 74.8 Å². The minimum atomic E-state index is -0.135. The van der Waals surface area contributed by atoms with E-state index in [0.29, 0.717) is 31.8 Å². The van der Waals surface area contributed by atoms with Crippen LogP contribution in [0.15, 0.2) is 67.0 Å². The van der Waals surface area contributed by atoms with Crippen molar-refractivity contribution in [3.8, 4) is 0 Å². The Hall–Kier alpha value is -3.55. The highest BCUT2D eigenvalue weighted by molar-refractivity contribution is 5.97. The summed E-state index contributed by atoms with van der Waals surface area (Å²) in [5.74, 6) is -0.108. The first-order valence-corrected chi connectivity index (χ1v) is 13.9. The average molecular weight is 529 g/mol. The third kappa shape index (κ3) is 8.22. The molecule has 7 nitrogen and oxygen atoms in total. The second-order valence-corrected chi connectivity index (χ2v) is 10.2. The second kappa shape index (κ2) is 14.6. The van der Waals surface area contributed by atoms with Crippen LogP contribution in [0.25, 0.3) is 0 Å². The minimum Gasteiger partial charge on any atom is -0.380 e. The fourth-order valence-corrected chi connectivity index (χ4v) is 5.21. The van der Waals surface area contributed by atoms with Gasteiger partial charge in [0.1, 0.15) is 0 Å². The molecule has 0 saturated carbocycles. The van der Waals surface area contributed by atoms with Crippen molar-refractivity contribution in [3.05, 3.63) is 94.8 Å². The molecule has 7 heteroatoms. The number of fused-ring (bicyclic) bond motifs is 1. The van der Waals surface area contributed by atoms with Crippen LogP contribution in [0.2, 0.25) is 0 Å². The predicted molar refractivity (Wildman–Crippen MR) is 154 cm³/mol. The number of carbonyl (C=O) groups excluding carboxylic acids is 2. The lowest BCUT2D eigenvalue weighted by molar-refractivity contribution is -0.116. The van der Waals surface area contributed by atoms with Gasteiger partial charge >= 0.3 is 0 Å². The van der Waals surface area contributed by atoms with Gasteiger partial charge in [-0.05, 0) is 65.9 Å². The highest BCUT2D eigenvalue weighted by Crippen LogP contribution is 2.27. The third-order valence-corrected chi connectivity index (χ3v) is 7.25. The summed E-state index contributed by atoms with van der Waals surface area (Å²) in [5.41, 5.74) is 5.71. The molecule has 0 bridgehead atoms. The van der Waals surface area contributed by atoms with Gasteiger partial charge in [-0.3, -0.25) is 19.5 Å². The van der Waals surface area contributed by atoms with Gasteiger partial charge in [-0.1, -0.05) is 49.6 Å². The molecule has 0 fully saturated rings. The third-order valence-electron chi connectivity index (χ3n) is 7.25. The van der Waals surface area contributed by atoms with Gasteiger partial charge in [0.25, 0.3) is 5.91 Å². The molecule has 206 valence electrons. The van der Waals surface area contributed by atoms with E-state index < -0.39 is 0 Å². The zero-order chi connectivity index (χ0) is 27.5. The Kier molecular flexibility index (Phi) is 10.6. The lowest BCUT2D eigenvalue weighted by atomic mass is 10.0. The van der Waals surface area contributed by atoms with Crippen LogP contribution >= 0.6 is 0 Å². The molecule has 0 unspecified atom stereocenters. The summed E-state index contributed by atoms with van der Waals surface area (Å²) in [6.45, 7) is 5.58. The van der Waals surface area contributed by atoms with Crippen LogP contribution in [0.5, 0.6) is 0 Å². The molecule has 2 amide bonds. The molecule has 4 rings (SSSR count). The Bertz CT molecular complexity index is 1230. The van der Waals surface area contributed by atoms with Crippen LogP contribution in [0.3, 0.4) is 0 Å². The molecule has 1 aromatic heterocycles. The van der Waals surface area contributed by atoms with Gasteiger partial charge in [-0.2, -0.15) is 0 Å². The van der Waals surface area contributed by atoms with Crippen LogP contribution < -0.4 is 10.2 Å². The minimum absolute atomic E-state index is 0.0269. The van der Waals surface area contributed by atoms with E-state index in [9.17, 15) is 9.59 Å².